The van der Waals surface area contributed by atoms with E-state index in [0.29, 0.717) is 19.0 Å². The standard InChI is InChI=1S/C19H28N6O/c1-13-17(14(2)25(4)24-13)11-23-19(20-3)22-10-16-7-8-21-18(9-16)26-12-15-5-6-15/h7-9,15H,5-6,10-12H2,1-4H3,(H2,20,22,23). The molecule has 7 heteroatoms. The minimum atomic E-state index is 0.660. The number of hydrogen-bond donors (Lipinski definition) is 2. The molecule has 0 aliphatic heterocycles. The van der Waals surface area contributed by atoms with Gasteiger partial charge in [-0.1, -0.05) is 0 Å². The molecule has 0 saturated heterocycles. The highest BCUT2D eigenvalue weighted by molar-refractivity contribution is 5.79. The summed E-state index contributed by atoms with van der Waals surface area (Å²) in [5.74, 6) is 2.17. The van der Waals surface area contributed by atoms with Crippen molar-refractivity contribution in [1.82, 2.24) is 25.4 Å². The van der Waals surface area contributed by atoms with Crippen molar-refractivity contribution in [1.29, 1.82) is 0 Å². The molecule has 0 atom stereocenters. The van der Waals surface area contributed by atoms with Crippen LogP contribution in [0.1, 0.15) is 35.4 Å². The Labute approximate surface area is 154 Å². The SMILES string of the molecule is CN=C(NCc1ccnc(OCC2CC2)c1)NCc1c(C)nn(C)c1C. The number of aryl methyl sites for hydroxylation is 2. The summed E-state index contributed by atoms with van der Waals surface area (Å²) >= 11 is 0. The van der Waals surface area contributed by atoms with Crippen molar-refractivity contribution < 1.29 is 4.74 Å². The lowest BCUT2D eigenvalue weighted by Gasteiger charge is -2.13. The second kappa shape index (κ2) is 8.21. The summed E-state index contributed by atoms with van der Waals surface area (Å²) in [6.07, 6.45) is 4.34. The van der Waals surface area contributed by atoms with E-state index in [1.807, 2.05) is 30.8 Å². The highest BCUT2D eigenvalue weighted by atomic mass is 16.5. The van der Waals surface area contributed by atoms with Crippen LogP contribution < -0.4 is 15.4 Å². The Bertz CT molecular complexity index is 778. The van der Waals surface area contributed by atoms with E-state index in [1.54, 1.807) is 13.2 Å². The first-order chi connectivity index (χ1) is 12.6. The van der Waals surface area contributed by atoms with Gasteiger partial charge >= 0.3 is 0 Å². The van der Waals surface area contributed by atoms with E-state index in [-0.39, 0.29) is 0 Å². The van der Waals surface area contributed by atoms with E-state index >= 15 is 0 Å². The quantitative estimate of drug-likeness (QED) is 0.587. The molecule has 1 fully saturated rings. The third kappa shape index (κ3) is 4.74. The van der Waals surface area contributed by atoms with Crippen LogP contribution in [0.3, 0.4) is 0 Å². The number of pyridine rings is 1. The van der Waals surface area contributed by atoms with E-state index in [2.05, 4.69) is 32.6 Å². The van der Waals surface area contributed by atoms with Crippen LogP contribution in [-0.4, -0.2) is 34.4 Å². The minimum absolute atomic E-state index is 0.660. The lowest BCUT2D eigenvalue weighted by molar-refractivity contribution is 0.288. The molecule has 7 nitrogen and oxygen atoms in total. The normalized spacial score (nSPS) is 14.4. The van der Waals surface area contributed by atoms with Crippen LogP contribution in [0, 0.1) is 19.8 Å². The molecule has 0 bridgehead atoms. The third-order valence-electron chi connectivity index (χ3n) is 4.74. The van der Waals surface area contributed by atoms with Gasteiger partial charge in [0.1, 0.15) is 0 Å². The topological polar surface area (TPSA) is 76.4 Å². The van der Waals surface area contributed by atoms with Gasteiger partial charge in [0.05, 0.1) is 12.3 Å². The molecule has 26 heavy (non-hydrogen) atoms. The number of aliphatic imine (C=N–C) groups is 1. The summed E-state index contributed by atoms with van der Waals surface area (Å²) in [6, 6.07) is 3.97. The molecular weight excluding hydrogens is 328 g/mol. The van der Waals surface area contributed by atoms with Crippen molar-refractivity contribution in [3.63, 3.8) is 0 Å². The zero-order valence-electron chi connectivity index (χ0n) is 16.0. The van der Waals surface area contributed by atoms with Crippen LogP contribution in [0.25, 0.3) is 0 Å². The Hall–Kier alpha value is -2.57. The first-order valence-electron chi connectivity index (χ1n) is 9.08. The van der Waals surface area contributed by atoms with E-state index < -0.39 is 0 Å². The molecule has 2 aromatic rings. The maximum Gasteiger partial charge on any atom is 0.213 e. The molecule has 1 aliphatic rings. The molecule has 2 N–H and O–H groups in total. The number of aromatic nitrogens is 3. The highest BCUT2D eigenvalue weighted by Crippen LogP contribution is 2.29. The predicted molar refractivity (Wildman–Crippen MR) is 102 cm³/mol. The number of nitrogens with one attached hydrogen (secondary N) is 2. The van der Waals surface area contributed by atoms with E-state index in [1.165, 1.54) is 18.4 Å². The maximum atomic E-state index is 5.74. The summed E-state index contributed by atoms with van der Waals surface area (Å²) in [5.41, 5.74) is 4.52. The van der Waals surface area contributed by atoms with E-state index in [9.17, 15) is 0 Å². The van der Waals surface area contributed by atoms with Gasteiger partial charge in [0.15, 0.2) is 5.96 Å². The first kappa shape index (κ1) is 18.2. The fourth-order valence-corrected chi connectivity index (χ4v) is 2.78. The molecule has 140 valence electrons. The van der Waals surface area contributed by atoms with E-state index in [4.69, 9.17) is 4.74 Å². The van der Waals surface area contributed by atoms with Gasteiger partial charge in [0, 0.05) is 50.7 Å². The van der Waals surface area contributed by atoms with Gasteiger partial charge in [-0.3, -0.25) is 9.67 Å². The summed E-state index contributed by atoms with van der Waals surface area (Å²) in [4.78, 5) is 8.57. The van der Waals surface area contributed by atoms with Crippen LogP contribution in [-0.2, 0) is 20.1 Å². The monoisotopic (exact) mass is 356 g/mol. The minimum Gasteiger partial charge on any atom is -0.477 e. The van der Waals surface area contributed by atoms with Crippen molar-refractivity contribution in [2.45, 2.75) is 39.8 Å². The summed E-state index contributed by atoms with van der Waals surface area (Å²) < 4.78 is 7.65. The highest BCUT2D eigenvalue weighted by Gasteiger charge is 2.22. The van der Waals surface area contributed by atoms with Crippen LogP contribution in [0.15, 0.2) is 23.3 Å². The van der Waals surface area contributed by atoms with Crippen molar-refractivity contribution in [3.05, 3.63) is 40.8 Å². The molecule has 0 amide bonds. The smallest absolute Gasteiger partial charge is 0.213 e. The molecule has 1 aliphatic carbocycles. The fraction of sp³-hybridized carbons (Fsp3) is 0.526. The van der Waals surface area contributed by atoms with Crippen molar-refractivity contribution in [2.24, 2.45) is 18.0 Å². The number of ether oxygens (including phenoxy) is 1. The van der Waals surface area contributed by atoms with Crippen molar-refractivity contribution >= 4 is 5.96 Å². The number of hydrogen-bond acceptors (Lipinski definition) is 4. The molecule has 2 aromatic heterocycles. The van der Waals surface area contributed by atoms with Crippen LogP contribution in [0.5, 0.6) is 5.88 Å². The van der Waals surface area contributed by atoms with Crippen molar-refractivity contribution in [2.75, 3.05) is 13.7 Å². The van der Waals surface area contributed by atoms with Gasteiger partial charge in [-0.2, -0.15) is 5.10 Å². The second-order valence-electron chi connectivity index (χ2n) is 6.81. The Balaban J connectivity index is 1.51. The summed E-state index contributed by atoms with van der Waals surface area (Å²) in [5, 5.41) is 11.1. The average Bonchev–Trinajstić information content (AvgIpc) is 3.43. The zero-order valence-corrected chi connectivity index (χ0v) is 16.0. The largest absolute Gasteiger partial charge is 0.477 e. The van der Waals surface area contributed by atoms with Crippen molar-refractivity contribution in [3.8, 4) is 5.88 Å². The Morgan fingerprint density at radius 3 is 2.73 bits per heavy atom. The molecule has 0 aromatic carbocycles. The van der Waals surface area contributed by atoms with Crippen LogP contribution in [0.2, 0.25) is 0 Å². The molecule has 1 saturated carbocycles. The van der Waals surface area contributed by atoms with Gasteiger partial charge in [0.2, 0.25) is 5.88 Å². The maximum absolute atomic E-state index is 5.74. The zero-order chi connectivity index (χ0) is 18.5. The summed E-state index contributed by atoms with van der Waals surface area (Å²) in [7, 11) is 3.74. The van der Waals surface area contributed by atoms with Crippen LogP contribution in [0.4, 0.5) is 0 Å². The Kier molecular flexibility index (Phi) is 5.75. The van der Waals surface area contributed by atoms with Gasteiger partial charge in [0.25, 0.3) is 0 Å². The molecule has 2 heterocycles. The number of nitrogens with zero attached hydrogens (tertiary/aromatic N) is 4. The first-order valence-corrected chi connectivity index (χ1v) is 9.08. The van der Waals surface area contributed by atoms with Crippen LogP contribution >= 0.6 is 0 Å². The average molecular weight is 356 g/mol. The second-order valence-corrected chi connectivity index (χ2v) is 6.81. The lowest BCUT2D eigenvalue weighted by atomic mass is 10.2. The lowest BCUT2D eigenvalue weighted by Crippen LogP contribution is -2.36. The summed E-state index contributed by atoms with van der Waals surface area (Å²) in [6.45, 7) is 6.23. The Morgan fingerprint density at radius 1 is 1.31 bits per heavy atom. The third-order valence-corrected chi connectivity index (χ3v) is 4.74. The Morgan fingerprint density at radius 2 is 2.08 bits per heavy atom. The van der Waals surface area contributed by atoms with Gasteiger partial charge in [-0.15, -0.1) is 0 Å². The predicted octanol–water partition coefficient (Wildman–Crippen LogP) is 2.09. The molecular formula is C19H28N6O. The fourth-order valence-electron chi connectivity index (χ4n) is 2.78. The number of guanidine groups is 1. The molecule has 3 rings (SSSR count). The van der Waals surface area contributed by atoms with Gasteiger partial charge in [-0.05, 0) is 44.2 Å². The molecule has 0 unspecified atom stereocenters. The van der Waals surface area contributed by atoms with Gasteiger partial charge < -0.3 is 15.4 Å². The van der Waals surface area contributed by atoms with Gasteiger partial charge in [-0.25, -0.2) is 4.98 Å². The molecule has 0 radical (unpaired) electrons. The molecule has 0 spiro atoms. The number of rotatable bonds is 7. The van der Waals surface area contributed by atoms with E-state index in [0.717, 1.165) is 35.4 Å².